The SMILES string of the molecule is CC(C)[C@H](NC(=O)c1ccc(C(=O)N=C(N)N)[nH]1)C(=O)N[C@H](C(=O)N[C@@H](Cc1ccccc1)C(=O)O)C(C)C. The molecule has 3 atom stereocenters. The van der Waals surface area contributed by atoms with Crippen LogP contribution in [0.15, 0.2) is 47.5 Å². The van der Waals surface area contributed by atoms with Crippen molar-refractivity contribution in [1.29, 1.82) is 0 Å². The minimum Gasteiger partial charge on any atom is -0.480 e. The minimum absolute atomic E-state index is 0.00837. The van der Waals surface area contributed by atoms with Crippen LogP contribution >= 0.6 is 0 Å². The van der Waals surface area contributed by atoms with Crippen molar-refractivity contribution in [3.63, 3.8) is 0 Å². The van der Waals surface area contributed by atoms with Crippen LogP contribution in [0.2, 0.25) is 0 Å². The van der Waals surface area contributed by atoms with Crippen molar-refractivity contribution in [3.05, 3.63) is 59.4 Å². The standard InChI is InChI=1S/C26H35N7O6/c1-13(2)19(23(36)30-18(25(38)39)12-15-8-6-5-7-9-15)32-24(37)20(14(3)4)31-21(34)16-10-11-17(29-16)22(35)33-26(27)28/h5-11,13-14,18-20,29H,12H2,1-4H3,(H,30,36)(H,31,34)(H,32,37)(H,38,39)(H4,27,28,33,35)/t18-,19-,20-/m0/s1. The van der Waals surface area contributed by atoms with Crippen LogP contribution in [0, 0.1) is 11.8 Å². The molecule has 0 aliphatic carbocycles. The molecule has 0 spiro atoms. The van der Waals surface area contributed by atoms with Gasteiger partial charge in [0.1, 0.15) is 29.5 Å². The number of aromatic amines is 1. The number of aromatic nitrogens is 1. The van der Waals surface area contributed by atoms with Crippen molar-refractivity contribution in [1.82, 2.24) is 20.9 Å². The second kappa shape index (κ2) is 13.7. The van der Waals surface area contributed by atoms with E-state index in [1.165, 1.54) is 12.1 Å². The lowest BCUT2D eigenvalue weighted by molar-refractivity contribution is -0.142. The summed E-state index contributed by atoms with van der Waals surface area (Å²) in [5, 5.41) is 17.4. The normalized spacial score (nSPS) is 13.2. The summed E-state index contributed by atoms with van der Waals surface area (Å²) >= 11 is 0. The molecule has 0 aliphatic rings. The van der Waals surface area contributed by atoms with Gasteiger partial charge in [0.2, 0.25) is 11.8 Å². The molecule has 1 aromatic heterocycles. The van der Waals surface area contributed by atoms with Gasteiger partial charge < -0.3 is 37.5 Å². The van der Waals surface area contributed by atoms with Gasteiger partial charge in [-0.3, -0.25) is 19.2 Å². The second-order valence-corrected chi connectivity index (χ2v) is 9.64. The van der Waals surface area contributed by atoms with E-state index in [2.05, 4.69) is 25.9 Å². The van der Waals surface area contributed by atoms with Gasteiger partial charge in [0.15, 0.2) is 5.96 Å². The molecule has 0 bridgehead atoms. The first-order valence-electron chi connectivity index (χ1n) is 12.3. The van der Waals surface area contributed by atoms with E-state index in [0.29, 0.717) is 0 Å². The fourth-order valence-corrected chi connectivity index (χ4v) is 3.67. The number of nitrogens with zero attached hydrogens (tertiary/aromatic N) is 1. The Morgan fingerprint density at radius 1 is 0.821 bits per heavy atom. The van der Waals surface area contributed by atoms with Crippen LogP contribution < -0.4 is 27.4 Å². The van der Waals surface area contributed by atoms with Gasteiger partial charge in [-0.05, 0) is 29.5 Å². The van der Waals surface area contributed by atoms with Crippen LogP contribution in [0.4, 0.5) is 0 Å². The number of aliphatic carboxylic acids is 1. The van der Waals surface area contributed by atoms with Crippen molar-refractivity contribution in [2.24, 2.45) is 28.3 Å². The molecule has 9 N–H and O–H groups in total. The van der Waals surface area contributed by atoms with Crippen LogP contribution in [0.1, 0.15) is 54.2 Å². The molecular weight excluding hydrogens is 506 g/mol. The fourth-order valence-electron chi connectivity index (χ4n) is 3.67. The second-order valence-electron chi connectivity index (χ2n) is 9.64. The lowest BCUT2D eigenvalue weighted by atomic mass is 9.98. The summed E-state index contributed by atoms with van der Waals surface area (Å²) in [5.74, 6) is -5.17. The molecule has 13 heteroatoms. The van der Waals surface area contributed by atoms with Crippen molar-refractivity contribution in [2.45, 2.75) is 52.2 Å². The van der Waals surface area contributed by atoms with Gasteiger partial charge in [-0.1, -0.05) is 58.0 Å². The Bertz CT molecular complexity index is 1220. The molecule has 0 saturated carbocycles. The van der Waals surface area contributed by atoms with E-state index >= 15 is 0 Å². The number of amides is 4. The molecular formula is C26H35N7O6. The molecule has 2 aromatic rings. The van der Waals surface area contributed by atoms with Crippen molar-refractivity contribution >= 4 is 35.6 Å². The number of H-pyrrole nitrogens is 1. The maximum Gasteiger partial charge on any atom is 0.326 e. The predicted octanol–water partition coefficient (Wildman–Crippen LogP) is 0.136. The number of benzene rings is 1. The lowest BCUT2D eigenvalue weighted by Gasteiger charge is -2.28. The number of carboxylic acids is 1. The van der Waals surface area contributed by atoms with Crippen molar-refractivity contribution in [2.75, 3.05) is 0 Å². The first-order valence-corrected chi connectivity index (χ1v) is 12.3. The summed E-state index contributed by atoms with van der Waals surface area (Å²) in [6.07, 6.45) is 0.0647. The highest BCUT2D eigenvalue weighted by Gasteiger charge is 2.32. The van der Waals surface area contributed by atoms with Crippen molar-refractivity contribution < 1.29 is 29.1 Å². The van der Waals surface area contributed by atoms with E-state index in [9.17, 15) is 29.1 Å². The van der Waals surface area contributed by atoms with E-state index in [1.807, 2.05) is 0 Å². The molecule has 4 amide bonds. The Labute approximate surface area is 225 Å². The van der Waals surface area contributed by atoms with Crippen LogP contribution in [-0.4, -0.2) is 63.8 Å². The largest absolute Gasteiger partial charge is 0.480 e. The topological polar surface area (TPSA) is 222 Å². The predicted molar refractivity (Wildman–Crippen MR) is 144 cm³/mol. The first-order chi connectivity index (χ1) is 18.3. The third-order valence-electron chi connectivity index (χ3n) is 5.77. The summed E-state index contributed by atoms with van der Waals surface area (Å²) in [4.78, 5) is 68.8. The van der Waals surface area contributed by atoms with Crippen molar-refractivity contribution in [3.8, 4) is 0 Å². The zero-order valence-electron chi connectivity index (χ0n) is 22.2. The molecule has 39 heavy (non-hydrogen) atoms. The number of nitrogens with two attached hydrogens (primary N) is 2. The molecule has 0 fully saturated rings. The molecule has 0 radical (unpaired) electrons. The van der Waals surface area contributed by atoms with Gasteiger partial charge in [0.25, 0.3) is 11.8 Å². The lowest BCUT2D eigenvalue weighted by Crippen LogP contribution is -2.58. The highest BCUT2D eigenvalue weighted by molar-refractivity contribution is 6.03. The molecule has 2 rings (SSSR count). The molecule has 1 aromatic carbocycles. The summed E-state index contributed by atoms with van der Waals surface area (Å²) < 4.78 is 0. The molecule has 1 heterocycles. The number of carbonyl (C=O) groups is 5. The van der Waals surface area contributed by atoms with Gasteiger partial charge in [-0.2, -0.15) is 4.99 Å². The Kier molecular flexibility index (Phi) is 10.8. The third-order valence-corrected chi connectivity index (χ3v) is 5.77. The maximum atomic E-state index is 13.2. The molecule has 13 nitrogen and oxygen atoms in total. The third kappa shape index (κ3) is 8.98. The quantitative estimate of drug-likeness (QED) is 0.144. The van der Waals surface area contributed by atoms with Crippen LogP contribution in [0.3, 0.4) is 0 Å². The Morgan fingerprint density at radius 3 is 1.90 bits per heavy atom. The number of carbonyl (C=O) groups excluding carboxylic acids is 4. The van der Waals surface area contributed by atoms with Gasteiger partial charge in [0, 0.05) is 6.42 Å². The first kappa shape index (κ1) is 30.5. The van der Waals surface area contributed by atoms with Gasteiger partial charge in [0.05, 0.1) is 0 Å². The fraction of sp³-hybridized carbons (Fsp3) is 0.385. The molecule has 0 aliphatic heterocycles. The van der Waals surface area contributed by atoms with Gasteiger partial charge >= 0.3 is 5.97 Å². The zero-order valence-corrected chi connectivity index (χ0v) is 22.2. The molecule has 0 unspecified atom stereocenters. The zero-order chi connectivity index (χ0) is 29.3. The monoisotopic (exact) mass is 541 g/mol. The Hall–Kier alpha value is -4.68. The number of hydrogen-bond acceptors (Lipinski definition) is 5. The van der Waals surface area contributed by atoms with E-state index in [0.717, 1.165) is 5.56 Å². The number of carboxylic acid groups (broad SMARTS) is 1. The highest BCUT2D eigenvalue weighted by atomic mass is 16.4. The van der Waals surface area contributed by atoms with Gasteiger partial charge in [-0.25, -0.2) is 4.79 Å². The Morgan fingerprint density at radius 2 is 1.36 bits per heavy atom. The number of hydrogen-bond donors (Lipinski definition) is 7. The average molecular weight is 542 g/mol. The van der Waals surface area contributed by atoms with E-state index < -0.39 is 59.6 Å². The Balaban J connectivity index is 2.13. The van der Waals surface area contributed by atoms with E-state index in [-0.39, 0.29) is 23.7 Å². The molecule has 210 valence electrons. The summed E-state index contributed by atoms with van der Waals surface area (Å²) in [5.41, 5.74) is 11.1. The number of guanidine groups is 1. The van der Waals surface area contributed by atoms with Crippen LogP contribution in [0.5, 0.6) is 0 Å². The van der Waals surface area contributed by atoms with E-state index in [1.54, 1.807) is 58.0 Å². The smallest absolute Gasteiger partial charge is 0.326 e. The summed E-state index contributed by atoms with van der Waals surface area (Å²) in [6.45, 7) is 6.82. The number of nitrogens with one attached hydrogen (secondary N) is 4. The molecule has 0 saturated heterocycles. The average Bonchev–Trinajstić information content (AvgIpc) is 3.35. The van der Waals surface area contributed by atoms with Crippen LogP contribution in [0.25, 0.3) is 0 Å². The summed E-state index contributed by atoms with van der Waals surface area (Å²) in [7, 11) is 0. The van der Waals surface area contributed by atoms with Gasteiger partial charge in [-0.15, -0.1) is 0 Å². The number of aliphatic imine (C=N–C) groups is 1. The summed E-state index contributed by atoms with van der Waals surface area (Å²) in [6, 6.07) is 8.18. The van der Waals surface area contributed by atoms with Crippen LogP contribution in [-0.2, 0) is 20.8 Å². The number of rotatable bonds is 12. The highest BCUT2D eigenvalue weighted by Crippen LogP contribution is 2.10. The maximum absolute atomic E-state index is 13.2. The minimum atomic E-state index is -1.21. The van der Waals surface area contributed by atoms with E-state index in [4.69, 9.17) is 11.5 Å².